The number of hydrogen-bond acceptors (Lipinski definition) is 2. The first-order valence-corrected chi connectivity index (χ1v) is 6.49. The second kappa shape index (κ2) is 5.18. The smallest absolute Gasteiger partial charge is 0.151 e. The van der Waals surface area contributed by atoms with Crippen LogP contribution in [-0.2, 0) is 0 Å². The van der Waals surface area contributed by atoms with Gasteiger partial charge in [-0.15, -0.1) is 0 Å². The number of nitrogens with zero attached hydrogens (tertiary/aromatic N) is 2. The Morgan fingerprint density at radius 1 is 1.05 bits per heavy atom. The van der Waals surface area contributed by atoms with Crippen LogP contribution in [0.2, 0.25) is 5.02 Å². The fraction of sp³-hybridized carbons (Fsp3) is 0. The van der Waals surface area contributed by atoms with Crippen LogP contribution < -0.4 is 5.73 Å². The number of rotatable bonds is 2. The molecule has 0 spiro atoms. The maximum absolute atomic E-state index is 13.8. The molecular weight excluding hydrogens is 296 g/mol. The fourth-order valence-corrected chi connectivity index (χ4v) is 2.22. The van der Waals surface area contributed by atoms with Crippen LogP contribution in [0.1, 0.15) is 0 Å². The Kier molecular flexibility index (Phi) is 3.35. The third-order valence-corrected chi connectivity index (χ3v) is 3.23. The summed E-state index contributed by atoms with van der Waals surface area (Å²) in [4.78, 5) is 0. The zero-order chi connectivity index (χ0) is 15.0. The van der Waals surface area contributed by atoms with E-state index in [4.69, 9.17) is 17.3 Å². The molecule has 1 heterocycles. The molecule has 0 aliphatic heterocycles. The third-order valence-electron chi connectivity index (χ3n) is 3.00. The van der Waals surface area contributed by atoms with Crippen LogP contribution in [0.25, 0.3) is 16.9 Å². The first kappa shape index (κ1) is 13.6. The number of hydrogen-bond donors (Lipinski definition) is 1. The summed E-state index contributed by atoms with van der Waals surface area (Å²) in [6, 6.07) is 11.9. The molecule has 1 aromatic heterocycles. The normalized spacial score (nSPS) is 10.8. The standard InChI is InChI=1S/C15H10ClF2N3/c16-10-3-1-2-9(6-10)13-8-15(19)21(20-13)14-5-4-11(17)7-12(14)18/h1-8H,19H2. The zero-order valence-corrected chi connectivity index (χ0v) is 11.5. The van der Waals surface area contributed by atoms with E-state index in [9.17, 15) is 8.78 Å². The average molecular weight is 306 g/mol. The Hall–Kier alpha value is -2.40. The molecule has 0 unspecified atom stereocenters. The minimum atomic E-state index is -0.734. The van der Waals surface area contributed by atoms with E-state index < -0.39 is 11.6 Å². The molecule has 0 bridgehead atoms. The minimum Gasteiger partial charge on any atom is -0.384 e. The van der Waals surface area contributed by atoms with Crippen molar-refractivity contribution in [3.63, 3.8) is 0 Å². The molecule has 0 saturated heterocycles. The predicted molar refractivity (Wildman–Crippen MR) is 78.3 cm³/mol. The van der Waals surface area contributed by atoms with Gasteiger partial charge in [0.25, 0.3) is 0 Å². The molecule has 3 nitrogen and oxygen atoms in total. The lowest BCUT2D eigenvalue weighted by molar-refractivity contribution is 0.574. The highest BCUT2D eigenvalue weighted by atomic mass is 35.5. The molecule has 106 valence electrons. The SMILES string of the molecule is Nc1cc(-c2cccc(Cl)c2)nn1-c1ccc(F)cc1F. The second-order valence-corrected chi connectivity index (χ2v) is 4.91. The summed E-state index contributed by atoms with van der Waals surface area (Å²) in [5.74, 6) is -1.14. The number of aromatic nitrogens is 2. The highest BCUT2D eigenvalue weighted by Gasteiger charge is 2.13. The van der Waals surface area contributed by atoms with E-state index in [1.165, 1.54) is 10.7 Å². The highest BCUT2D eigenvalue weighted by molar-refractivity contribution is 6.30. The second-order valence-electron chi connectivity index (χ2n) is 4.47. The molecule has 0 aliphatic carbocycles. The number of benzene rings is 2. The van der Waals surface area contributed by atoms with Crippen molar-refractivity contribution < 1.29 is 8.78 Å². The molecule has 0 fully saturated rings. The first-order chi connectivity index (χ1) is 10.0. The monoisotopic (exact) mass is 305 g/mol. The van der Waals surface area contributed by atoms with Crippen molar-refractivity contribution in [3.8, 4) is 16.9 Å². The Morgan fingerprint density at radius 2 is 1.86 bits per heavy atom. The van der Waals surface area contributed by atoms with E-state index in [0.717, 1.165) is 17.7 Å². The van der Waals surface area contributed by atoms with Gasteiger partial charge in [0, 0.05) is 22.7 Å². The molecule has 0 atom stereocenters. The topological polar surface area (TPSA) is 43.8 Å². The average Bonchev–Trinajstić information content (AvgIpc) is 2.81. The highest BCUT2D eigenvalue weighted by Crippen LogP contribution is 2.26. The van der Waals surface area contributed by atoms with Gasteiger partial charge < -0.3 is 5.73 Å². The van der Waals surface area contributed by atoms with Crippen molar-refractivity contribution in [2.75, 3.05) is 5.73 Å². The lowest BCUT2D eigenvalue weighted by Crippen LogP contribution is -2.04. The Morgan fingerprint density at radius 3 is 2.57 bits per heavy atom. The van der Waals surface area contributed by atoms with Crippen LogP contribution >= 0.6 is 11.6 Å². The molecule has 2 N–H and O–H groups in total. The number of halogens is 3. The van der Waals surface area contributed by atoms with Gasteiger partial charge >= 0.3 is 0 Å². The largest absolute Gasteiger partial charge is 0.384 e. The van der Waals surface area contributed by atoms with Gasteiger partial charge in [0.2, 0.25) is 0 Å². The van der Waals surface area contributed by atoms with Crippen molar-refractivity contribution in [1.29, 1.82) is 0 Å². The van der Waals surface area contributed by atoms with Crippen molar-refractivity contribution in [2.45, 2.75) is 0 Å². The van der Waals surface area contributed by atoms with E-state index in [1.807, 2.05) is 6.07 Å². The Bertz CT molecular complexity index is 814. The van der Waals surface area contributed by atoms with Gasteiger partial charge in [0.1, 0.15) is 17.3 Å². The summed E-state index contributed by atoms with van der Waals surface area (Å²) >= 11 is 5.93. The van der Waals surface area contributed by atoms with Gasteiger partial charge in [-0.05, 0) is 24.3 Å². The molecule has 6 heteroatoms. The van der Waals surface area contributed by atoms with Crippen LogP contribution in [0.15, 0.2) is 48.5 Å². The van der Waals surface area contributed by atoms with Gasteiger partial charge in [-0.25, -0.2) is 13.5 Å². The lowest BCUT2D eigenvalue weighted by Gasteiger charge is -2.05. The molecular formula is C15H10ClF2N3. The van der Waals surface area contributed by atoms with Crippen molar-refractivity contribution in [2.24, 2.45) is 0 Å². The van der Waals surface area contributed by atoms with Crippen molar-refractivity contribution >= 4 is 17.4 Å². The van der Waals surface area contributed by atoms with Gasteiger partial charge in [0.15, 0.2) is 5.82 Å². The Balaban J connectivity index is 2.10. The van der Waals surface area contributed by atoms with Gasteiger partial charge in [-0.3, -0.25) is 0 Å². The van der Waals surface area contributed by atoms with Gasteiger partial charge in [0.05, 0.1) is 5.69 Å². The van der Waals surface area contributed by atoms with Crippen LogP contribution in [0.5, 0.6) is 0 Å². The molecule has 0 aliphatic rings. The van der Waals surface area contributed by atoms with Crippen LogP contribution in [0.4, 0.5) is 14.6 Å². The molecule has 3 aromatic rings. The molecule has 2 aromatic carbocycles. The molecule has 0 radical (unpaired) electrons. The summed E-state index contributed by atoms with van der Waals surface area (Å²) in [7, 11) is 0. The van der Waals surface area contributed by atoms with Crippen molar-refractivity contribution in [3.05, 3.63) is 65.2 Å². The van der Waals surface area contributed by atoms with E-state index in [2.05, 4.69) is 5.10 Å². The summed E-state index contributed by atoms with van der Waals surface area (Å²) in [6.45, 7) is 0. The molecule has 0 amide bonds. The molecule has 0 saturated carbocycles. The lowest BCUT2D eigenvalue weighted by atomic mass is 10.1. The third kappa shape index (κ3) is 2.60. The van der Waals surface area contributed by atoms with Gasteiger partial charge in [-0.1, -0.05) is 23.7 Å². The summed E-state index contributed by atoms with van der Waals surface area (Å²) in [5, 5.41) is 4.82. The van der Waals surface area contributed by atoms with E-state index in [0.29, 0.717) is 10.7 Å². The van der Waals surface area contributed by atoms with Crippen LogP contribution in [0.3, 0.4) is 0 Å². The predicted octanol–water partition coefficient (Wildman–Crippen LogP) is 4.05. The van der Waals surface area contributed by atoms with E-state index in [1.54, 1.807) is 24.3 Å². The Labute approximate surface area is 124 Å². The summed E-state index contributed by atoms with van der Waals surface area (Å²) < 4.78 is 28.0. The number of nitrogens with two attached hydrogens (primary N) is 1. The first-order valence-electron chi connectivity index (χ1n) is 6.11. The number of anilines is 1. The summed E-state index contributed by atoms with van der Waals surface area (Å²) in [6.07, 6.45) is 0. The van der Waals surface area contributed by atoms with Gasteiger partial charge in [-0.2, -0.15) is 5.10 Å². The zero-order valence-electron chi connectivity index (χ0n) is 10.7. The minimum absolute atomic E-state index is 0.0854. The quantitative estimate of drug-likeness (QED) is 0.776. The fourth-order valence-electron chi connectivity index (χ4n) is 2.03. The van der Waals surface area contributed by atoms with Crippen LogP contribution in [0, 0.1) is 11.6 Å². The van der Waals surface area contributed by atoms with E-state index in [-0.39, 0.29) is 11.5 Å². The number of nitrogen functional groups attached to an aromatic ring is 1. The maximum atomic E-state index is 13.8. The van der Waals surface area contributed by atoms with Crippen molar-refractivity contribution in [1.82, 2.24) is 9.78 Å². The maximum Gasteiger partial charge on any atom is 0.151 e. The van der Waals surface area contributed by atoms with E-state index >= 15 is 0 Å². The summed E-state index contributed by atoms with van der Waals surface area (Å²) in [5.41, 5.74) is 7.26. The molecule has 21 heavy (non-hydrogen) atoms. The molecule has 3 rings (SSSR count). The van der Waals surface area contributed by atoms with Crippen LogP contribution in [-0.4, -0.2) is 9.78 Å².